The molecule has 108 valence electrons. The van der Waals surface area contributed by atoms with Gasteiger partial charge in [0.15, 0.2) is 6.29 Å². The van der Waals surface area contributed by atoms with Gasteiger partial charge in [-0.05, 0) is 12.5 Å². The van der Waals surface area contributed by atoms with Gasteiger partial charge in [0.1, 0.15) is 0 Å². The number of aromatic nitrogens is 3. The van der Waals surface area contributed by atoms with Crippen LogP contribution in [0.4, 0.5) is 0 Å². The Kier molecular flexibility index (Phi) is 6.46. The minimum absolute atomic E-state index is 0.161. The van der Waals surface area contributed by atoms with Gasteiger partial charge in [-0.2, -0.15) is 0 Å². The Morgan fingerprint density at radius 1 is 1.16 bits per heavy atom. The molecule has 0 aromatic carbocycles. The fraction of sp³-hybridized carbons (Fsp3) is 0.700. The predicted molar refractivity (Wildman–Crippen MR) is 72.5 cm³/mol. The summed E-state index contributed by atoms with van der Waals surface area (Å²) in [6.45, 7) is 0.308. The summed E-state index contributed by atoms with van der Waals surface area (Å²) in [5.41, 5.74) is -2.10. The highest BCUT2D eigenvalue weighted by atomic mass is 28.2. The number of nitrogens with one attached hydrogen (secondary N) is 2. The fourth-order valence-electron chi connectivity index (χ4n) is 1.75. The van der Waals surface area contributed by atoms with Crippen molar-refractivity contribution in [2.75, 3.05) is 14.2 Å². The molecule has 0 aliphatic carbocycles. The lowest BCUT2D eigenvalue weighted by atomic mass is 10.5. The molecule has 2 N–H and O–H groups in total. The molecule has 0 saturated heterocycles. The zero-order valence-corrected chi connectivity index (χ0v) is 12.5. The quantitative estimate of drug-likeness (QED) is 0.335. The Labute approximate surface area is 111 Å². The molecule has 0 aliphatic rings. The molecule has 1 heterocycles. The lowest BCUT2D eigenvalue weighted by Gasteiger charge is -2.12. The maximum Gasteiger partial charge on any atom is 0.333 e. The molecule has 1 aromatic heterocycles. The van der Waals surface area contributed by atoms with E-state index >= 15 is 0 Å². The number of rotatable bonds is 8. The van der Waals surface area contributed by atoms with Crippen LogP contribution in [-0.4, -0.2) is 44.6 Å². The summed E-state index contributed by atoms with van der Waals surface area (Å²) < 4.78 is 11.2. The van der Waals surface area contributed by atoms with E-state index in [1.165, 1.54) is 0 Å². The van der Waals surface area contributed by atoms with Crippen LogP contribution in [-0.2, 0) is 16.0 Å². The fourth-order valence-corrected chi connectivity index (χ4v) is 3.42. The van der Waals surface area contributed by atoms with E-state index in [1.807, 2.05) is 9.97 Å². The molecule has 0 aliphatic heterocycles. The first-order valence-electron chi connectivity index (χ1n) is 6.07. The largest absolute Gasteiger partial charge is 0.356 e. The normalized spacial score (nSPS) is 11.7. The van der Waals surface area contributed by atoms with E-state index in [1.54, 1.807) is 14.2 Å². The third-order valence-corrected chi connectivity index (χ3v) is 4.66. The van der Waals surface area contributed by atoms with Gasteiger partial charge in [0, 0.05) is 30.3 Å². The summed E-state index contributed by atoms with van der Waals surface area (Å²) in [6.07, 6.45) is 0.562. The van der Waals surface area contributed by atoms with Crippen LogP contribution in [0.15, 0.2) is 14.4 Å². The van der Waals surface area contributed by atoms with E-state index in [0.29, 0.717) is 6.54 Å². The molecule has 1 rings (SSSR count). The number of methoxy groups -OCH3 is 2. The molecule has 8 nitrogen and oxygen atoms in total. The molecule has 0 amide bonds. The molecular formula is C10H19N3O5Si. The van der Waals surface area contributed by atoms with Crippen LogP contribution in [0.3, 0.4) is 0 Å². The maximum absolute atomic E-state index is 11.4. The third-order valence-electron chi connectivity index (χ3n) is 2.78. The minimum Gasteiger partial charge on any atom is -0.356 e. The summed E-state index contributed by atoms with van der Waals surface area (Å²) in [7, 11) is 2.84. The standard InChI is InChI=1S/C10H19N3O5Si/c1-17-7(18-2)6-19-5-3-4-13-9(15)11-8(14)12-10(13)16/h7H,3-6,19H2,1-2H3,(H2,11,12,14,15,16). The average molecular weight is 289 g/mol. The first-order chi connectivity index (χ1) is 9.08. The molecule has 0 radical (unpaired) electrons. The second-order valence-corrected chi connectivity index (χ2v) is 6.08. The highest BCUT2D eigenvalue weighted by Crippen LogP contribution is 2.01. The second kappa shape index (κ2) is 7.87. The zero-order chi connectivity index (χ0) is 14.3. The van der Waals surface area contributed by atoms with E-state index in [4.69, 9.17) is 9.47 Å². The van der Waals surface area contributed by atoms with Gasteiger partial charge in [-0.3, -0.25) is 9.97 Å². The van der Waals surface area contributed by atoms with Crippen LogP contribution >= 0.6 is 0 Å². The van der Waals surface area contributed by atoms with E-state index in [2.05, 4.69) is 0 Å². The van der Waals surface area contributed by atoms with Crippen LogP contribution in [0.5, 0.6) is 0 Å². The lowest BCUT2D eigenvalue weighted by molar-refractivity contribution is -0.0876. The SMILES string of the molecule is COC(C[SiH2]CCCn1c(=O)[nH]c(=O)[nH]c1=O)OC. The Balaban J connectivity index is 2.40. The smallest absolute Gasteiger partial charge is 0.333 e. The van der Waals surface area contributed by atoms with Crippen LogP contribution in [0.25, 0.3) is 0 Å². The average Bonchev–Trinajstić information content (AvgIpc) is 2.36. The summed E-state index contributed by atoms with van der Waals surface area (Å²) in [4.78, 5) is 37.7. The molecule has 0 atom stereocenters. The summed E-state index contributed by atoms with van der Waals surface area (Å²) in [5.74, 6) is 0. The molecule has 0 fully saturated rings. The molecular weight excluding hydrogens is 270 g/mol. The highest BCUT2D eigenvalue weighted by molar-refractivity contribution is 6.35. The van der Waals surface area contributed by atoms with Crippen molar-refractivity contribution in [1.82, 2.24) is 14.5 Å². The Bertz CT molecular complexity index is 511. The third kappa shape index (κ3) is 4.97. The van der Waals surface area contributed by atoms with Crippen molar-refractivity contribution in [3.05, 3.63) is 31.5 Å². The Morgan fingerprint density at radius 2 is 1.74 bits per heavy atom. The van der Waals surface area contributed by atoms with Crippen molar-refractivity contribution in [2.45, 2.75) is 31.3 Å². The summed E-state index contributed by atoms with van der Waals surface area (Å²) in [5, 5.41) is 0. The van der Waals surface area contributed by atoms with Crippen molar-refractivity contribution in [3.63, 3.8) is 0 Å². The molecule has 0 spiro atoms. The second-order valence-electron chi connectivity index (χ2n) is 4.09. The van der Waals surface area contributed by atoms with Crippen LogP contribution < -0.4 is 17.1 Å². The van der Waals surface area contributed by atoms with Crippen molar-refractivity contribution >= 4 is 9.52 Å². The van der Waals surface area contributed by atoms with Crippen molar-refractivity contribution in [1.29, 1.82) is 0 Å². The molecule has 0 unspecified atom stereocenters. The van der Waals surface area contributed by atoms with E-state index in [0.717, 1.165) is 23.1 Å². The maximum atomic E-state index is 11.4. The lowest BCUT2D eigenvalue weighted by Crippen LogP contribution is -2.43. The molecule has 1 aromatic rings. The monoisotopic (exact) mass is 289 g/mol. The molecule has 19 heavy (non-hydrogen) atoms. The summed E-state index contributed by atoms with van der Waals surface area (Å²) >= 11 is 0. The van der Waals surface area contributed by atoms with Gasteiger partial charge in [0.25, 0.3) is 0 Å². The van der Waals surface area contributed by atoms with Crippen LogP contribution in [0, 0.1) is 0 Å². The van der Waals surface area contributed by atoms with E-state index in [9.17, 15) is 14.4 Å². The summed E-state index contributed by atoms with van der Waals surface area (Å²) in [6, 6.07) is 1.86. The Morgan fingerprint density at radius 3 is 2.26 bits per heavy atom. The zero-order valence-electron chi connectivity index (χ0n) is 11.1. The molecule has 0 saturated carbocycles. The number of hydrogen-bond donors (Lipinski definition) is 2. The van der Waals surface area contributed by atoms with Gasteiger partial charge in [0.05, 0.1) is 0 Å². The van der Waals surface area contributed by atoms with E-state index < -0.39 is 17.1 Å². The molecule has 0 bridgehead atoms. The minimum atomic E-state index is -0.774. The van der Waals surface area contributed by atoms with Crippen molar-refractivity contribution in [3.8, 4) is 0 Å². The van der Waals surface area contributed by atoms with Gasteiger partial charge in [-0.1, -0.05) is 6.04 Å². The van der Waals surface area contributed by atoms with Crippen molar-refractivity contribution < 1.29 is 9.47 Å². The van der Waals surface area contributed by atoms with Crippen molar-refractivity contribution in [2.24, 2.45) is 0 Å². The van der Waals surface area contributed by atoms with E-state index in [-0.39, 0.29) is 15.8 Å². The topological polar surface area (TPSA) is 106 Å². The first kappa shape index (κ1) is 15.6. The first-order valence-corrected chi connectivity index (χ1v) is 8.07. The highest BCUT2D eigenvalue weighted by Gasteiger charge is 2.05. The van der Waals surface area contributed by atoms with Gasteiger partial charge >= 0.3 is 17.1 Å². The number of aromatic amines is 2. The van der Waals surface area contributed by atoms with Gasteiger partial charge in [0.2, 0.25) is 0 Å². The predicted octanol–water partition coefficient (Wildman–Crippen LogP) is -1.76. The molecule has 9 heteroatoms. The number of nitrogens with zero attached hydrogens (tertiary/aromatic N) is 1. The van der Waals surface area contributed by atoms with Gasteiger partial charge in [-0.25, -0.2) is 19.0 Å². The van der Waals surface area contributed by atoms with Crippen LogP contribution in [0.1, 0.15) is 6.42 Å². The van der Waals surface area contributed by atoms with Gasteiger partial charge < -0.3 is 9.47 Å². The Hall–Kier alpha value is -1.45. The number of H-pyrrole nitrogens is 2. The van der Waals surface area contributed by atoms with Crippen LogP contribution in [0.2, 0.25) is 12.1 Å². The number of ether oxygens (including phenoxy) is 2. The van der Waals surface area contributed by atoms with Gasteiger partial charge in [-0.15, -0.1) is 0 Å². The number of hydrogen-bond acceptors (Lipinski definition) is 5.